The molecule has 2 aliphatic heterocycles. The van der Waals surface area contributed by atoms with Crippen molar-refractivity contribution in [2.24, 2.45) is 5.92 Å². The smallest absolute Gasteiger partial charge is 0.243 e. The summed E-state index contributed by atoms with van der Waals surface area (Å²) in [6.45, 7) is 4.17. The summed E-state index contributed by atoms with van der Waals surface area (Å²) in [4.78, 5) is 27.0. The van der Waals surface area contributed by atoms with Crippen LogP contribution >= 0.6 is 0 Å². The molecule has 1 aromatic carbocycles. The third kappa shape index (κ3) is 5.27. The van der Waals surface area contributed by atoms with Crippen molar-refractivity contribution in [2.45, 2.75) is 95.0 Å². The van der Waals surface area contributed by atoms with Gasteiger partial charge in [0.2, 0.25) is 21.8 Å². The molecule has 8 heteroatoms. The highest BCUT2D eigenvalue weighted by Gasteiger charge is 2.36. The minimum Gasteiger partial charge on any atom is -0.353 e. The Labute approximate surface area is 198 Å². The van der Waals surface area contributed by atoms with E-state index in [0.29, 0.717) is 19.4 Å². The van der Waals surface area contributed by atoms with Crippen molar-refractivity contribution in [1.82, 2.24) is 9.62 Å². The quantitative estimate of drug-likeness (QED) is 0.721. The number of amides is 2. The number of hydrogen-bond donors (Lipinski definition) is 1. The number of fused-ring (bicyclic) bond motifs is 1. The molecule has 0 spiro atoms. The van der Waals surface area contributed by atoms with Gasteiger partial charge in [-0.1, -0.05) is 32.1 Å². The second-order valence-electron chi connectivity index (χ2n) is 9.99. The Balaban J connectivity index is 1.45. The molecule has 2 heterocycles. The van der Waals surface area contributed by atoms with E-state index >= 15 is 0 Å². The lowest BCUT2D eigenvalue weighted by atomic mass is 9.94. The van der Waals surface area contributed by atoms with Gasteiger partial charge in [-0.3, -0.25) is 9.59 Å². The van der Waals surface area contributed by atoms with Crippen LogP contribution in [0.4, 0.5) is 5.69 Å². The number of carbonyl (C=O) groups excluding carboxylic acids is 2. The summed E-state index contributed by atoms with van der Waals surface area (Å²) in [5, 5.41) is 3.22. The topological polar surface area (TPSA) is 86.8 Å². The van der Waals surface area contributed by atoms with Gasteiger partial charge < -0.3 is 10.2 Å². The maximum absolute atomic E-state index is 13.4. The van der Waals surface area contributed by atoms with Gasteiger partial charge in [0.05, 0.1) is 10.8 Å². The Morgan fingerprint density at radius 1 is 1.00 bits per heavy atom. The van der Waals surface area contributed by atoms with Gasteiger partial charge in [-0.2, -0.15) is 4.31 Å². The Kier molecular flexibility index (Phi) is 7.43. The first kappa shape index (κ1) is 24.2. The van der Waals surface area contributed by atoms with Crippen LogP contribution in [0.2, 0.25) is 0 Å². The summed E-state index contributed by atoms with van der Waals surface area (Å²) < 4.78 is 28.4. The summed E-state index contributed by atoms with van der Waals surface area (Å²) in [6, 6.07) is 5.29. The molecule has 3 aliphatic rings. The minimum absolute atomic E-state index is 0.000326. The van der Waals surface area contributed by atoms with Crippen LogP contribution in [0.15, 0.2) is 23.1 Å². The van der Waals surface area contributed by atoms with E-state index in [2.05, 4.69) is 5.32 Å². The molecule has 4 rings (SSSR count). The first-order valence-electron chi connectivity index (χ1n) is 12.5. The van der Waals surface area contributed by atoms with Gasteiger partial charge in [0, 0.05) is 37.8 Å². The van der Waals surface area contributed by atoms with Crippen LogP contribution in [0.5, 0.6) is 0 Å². The second kappa shape index (κ2) is 10.1. The molecule has 0 radical (unpaired) electrons. The molecule has 2 amide bonds. The van der Waals surface area contributed by atoms with Gasteiger partial charge in [-0.25, -0.2) is 8.42 Å². The predicted molar refractivity (Wildman–Crippen MR) is 129 cm³/mol. The number of hydrogen-bond acceptors (Lipinski definition) is 4. The van der Waals surface area contributed by atoms with Gasteiger partial charge >= 0.3 is 0 Å². The van der Waals surface area contributed by atoms with E-state index in [0.717, 1.165) is 43.4 Å². The van der Waals surface area contributed by atoms with Crippen molar-refractivity contribution in [3.05, 3.63) is 23.8 Å². The Bertz CT molecular complexity index is 985. The summed E-state index contributed by atoms with van der Waals surface area (Å²) in [5.74, 6) is -0.340. The molecule has 2 atom stereocenters. The highest BCUT2D eigenvalue weighted by Crippen LogP contribution is 2.35. The summed E-state index contributed by atoms with van der Waals surface area (Å²) in [7, 11) is -3.70. The summed E-state index contributed by atoms with van der Waals surface area (Å²) >= 11 is 0. The number of rotatable bonds is 4. The van der Waals surface area contributed by atoms with Crippen LogP contribution in [0.3, 0.4) is 0 Å². The SMILES string of the molecule is CC(=O)N1c2ccc(S(=O)(=O)N3CCC[C@@H](C(=O)NC4CCCCCCC4)C3)cc2C[C@@H]1C. The average molecular weight is 476 g/mol. The second-order valence-corrected chi connectivity index (χ2v) is 11.9. The lowest BCUT2D eigenvalue weighted by Gasteiger charge is -2.32. The van der Waals surface area contributed by atoms with E-state index in [1.165, 1.54) is 30.5 Å². The molecule has 7 nitrogen and oxygen atoms in total. The fourth-order valence-corrected chi connectivity index (χ4v) is 7.27. The average Bonchev–Trinajstić information content (AvgIpc) is 3.10. The molecule has 33 heavy (non-hydrogen) atoms. The van der Waals surface area contributed by atoms with Crippen molar-refractivity contribution in [3.63, 3.8) is 0 Å². The highest BCUT2D eigenvalue weighted by molar-refractivity contribution is 7.89. The minimum atomic E-state index is -3.70. The molecule has 1 N–H and O–H groups in total. The Morgan fingerprint density at radius 2 is 1.70 bits per heavy atom. The van der Waals surface area contributed by atoms with Crippen molar-refractivity contribution in [2.75, 3.05) is 18.0 Å². The van der Waals surface area contributed by atoms with E-state index < -0.39 is 10.0 Å². The molecule has 1 aliphatic carbocycles. The monoisotopic (exact) mass is 475 g/mol. The van der Waals surface area contributed by atoms with E-state index in [4.69, 9.17) is 0 Å². The number of nitrogens with one attached hydrogen (secondary N) is 1. The largest absolute Gasteiger partial charge is 0.353 e. The molecule has 0 unspecified atom stereocenters. The first-order valence-corrected chi connectivity index (χ1v) is 13.9. The summed E-state index contributed by atoms with van der Waals surface area (Å²) in [6.07, 6.45) is 10.1. The fourth-order valence-electron chi connectivity index (χ4n) is 5.69. The maximum Gasteiger partial charge on any atom is 0.243 e. The van der Waals surface area contributed by atoms with Gasteiger partial charge in [-0.05, 0) is 62.8 Å². The molecule has 1 saturated carbocycles. The molecule has 0 aromatic heterocycles. The molecular weight excluding hydrogens is 438 g/mol. The van der Waals surface area contributed by atoms with E-state index in [1.54, 1.807) is 23.1 Å². The van der Waals surface area contributed by atoms with Crippen LogP contribution in [-0.4, -0.2) is 49.7 Å². The van der Waals surface area contributed by atoms with Crippen molar-refractivity contribution < 1.29 is 18.0 Å². The van der Waals surface area contributed by atoms with Crippen LogP contribution in [0, 0.1) is 5.92 Å². The number of nitrogens with zero attached hydrogens (tertiary/aromatic N) is 2. The van der Waals surface area contributed by atoms with Gasteiger partial charge in [0.1, 0.15) is 0 Å². The van der Waals surface area contributed by atoms with E-state index in [-0.39, 0.29) is 41.3 Å². The van der Waals surface area contributed by atoms with Crippen LogP contribution in [0.1, 0.15) is 77.2 Å². The molecule has 0 bridgehead atoms. The van der Waals surface area contributed by atoms with Gasteiger partial charge in [-0.15, -0.1) is 0 Å². The zero-order valence-electron chi connectivity index (χ0n) is 19.9. The number of anilines is 1. The number of sulfonamides is 1. The lowest BCUT2D eigenvalue weighted by Crippen LogP contribution is -2.47. The number of carbonyl (C=O) groups is 2. The predicted octanol–water partition coefficient (Wildman–Crippen LogP) is 3.61. The third-order valence-electron chi connectivity index (χ3n) is 7.45. The van der Waals surface area contributed by atoms with Gasteiger partial charge in [0.25, 0.3) is 0 Å². The standard InChI is InChI=1S/C25H37N3O4S/c1-18-15-21-16-23(12-13-24(21)28(18)19(2)29)33(31,32)27-14-8-9-20(17-27)25(30)26-22-10-6-4-3-5-7-11-22/h12-13,16,18,20,22H,3-11,14-15,17H2,1-2H3,(H,26,30)/t18-,20+/m0/s1. The molecule has 1 saturated heterocycles. The maximum atomic E-state index is 13.4. The van der Waals surface area contributed by atoms with Gasteiger partial charge in [0.15, 0.2) is 0 Å². The van der Waals surface area contributed by atoms with Crippen LogP contribution < -0.4 is 10.2 Å². The molecule has 2 fully saturated rings. The van der Waals surface area contributed by atoms with E-state index in [9.17, 15) is 18.0 Å². The third-order valence-corrected chi connectivity index (χ3v) is 9.31. The normalized spacial score (nSPS) is 25.2. The number of piperidine rings is 1. The molecule has 1 aromatic rings. The van der Waals surface area contributed by atoms with Crippen LogP contribution in [0.25, 0.3) is 0 Å². The van der Waals surface area contributed by atoms with Crippen LogP contribution in [-0.2, 0) is 26.0 Å². The molecule has 182 valence electrons. The first-order chi connectivity index (χ1) is 15.8. The molecular formula is C25H37N3O4S. The zero-order chi connectivity index (χ0) is 23.6. The van der Waals surface area contributed by atoms with Crippen molar-refractivity contribution >= 4 is 27.5 Å². The fraction of sp³-hybridized carbons (Fsp3) is 0.680. The van der Waals surface area contributed by atoms with Crippen molar-refractivity contribution in [3.8, 4) is 0 Å². The zero-order valence-corrected chi connectivity index (χ0v) is 20.7. The summed E-state index contributed by atoms with van der Waals surface area (Å²) in [5.41, 5.74) is 1.68. The highest BCUT2D eigenvalue weighted by atomic mass is 32.2. The lowest BCUT2D eigenvalue weighted by molar-refractivity contribution is -0.127. The van der Waals surface area contributed by atoms with E-state index in [1.807, 2.05) is 6.92 Å². The Morgan fingerprint density at radius 3 is 2.39 bits per heavy atom. The van der Waals surface area contributed by atoms with Crippen molar-refractivity contribution in [1.29, 1.82) is 0 Å². The number of benzene rings is 1. The Hall–Kier alpha value is -1.93.